The molecular weight excluding hydrogens is 260 g/mol. The Morgan fingerprint density at radius 3 is 1.72 bits per heavy atom. The van der Waals surface area contributed by atoms with E-state index < -0.39 is 30.2 Å². The van der Waals surface area contributed by atoms with E-state index in [1.165, 1.54) is 13.8 Å². The number of rotatable bonds is 2. The summed E-state index contributed by atoms with van der Waals surface area (Å²) in [5.74, 6) is -0.620. The molecule has 108 valence electrons. The molecule has 0 aliphatic carbocycles. The highest BCUT2D eigenvalue weighted by molar-refractivity contribution is 4.94. The van der Waals surface area contributed by atoms with E-state index in [2.05, 4.69) is 0 Å². The van der Waals surface area contributed by atoms with Gasteiger partial charge in [-0.3, -0.25) is 4.90 Å². The van der Waals surface area contributed by atoms with Gasteiger partial charge in [0.1, 0.15) is 0 Å². The van der Waals surface area contributed by atoms with E-state index in [0.29, 0.717) is 0 Å². The molecule has 0 aromatic carbocycles. The summed E-state index contributed by atoms with van der Waals surface area (Å²) in [4.78, 5) is 1.05. The zero-order chi connectivity index (χ0) is 14.2. The van der Waals surface area contributed by atoms with Gasteiger partial charge in [0.15, 0.2) is 0 Å². The van der Waals surface area contributed by atoms with E-state index in [9.17, 15) is 26.3 Å². The standard InChI is InChI=1S/C11H17F6N/c1-8(2)9(11(15,16)17)3-5-18(6-4-9)7-10(12,13)14/h8H,3-7H2,1-2H3. The second kappa shape index (κ2) is 4.90. The van der Waals surface area contributed by atoms with Crippen LogP contribution in [0.5, 0.6) is 0 Å². The second-order valence-electron chi connectivity index (χ2n) is 5.20. The summed E-state index contributed by atoms with van der Waals surface area (Å²) in [6.45, 7) is 1.52. The first-order valence-corrected chi connectivity index (χ1v) is 5.84. The Bertz CT molecular complexity index is 272. The molecular formula is C11H17F6N. The van der Waals surface area contributed by atoms with Crippen LogP contribution >= 0.6 is 0 Å². The number of nitrogens with zero attached hydrogens (tertiary/aromatic N) is 1. The summed E-state index contributed by atoms with van der Waals surface area (Å²) >= 11 is 0. The summed E-state index contributed by atoms with van der Waals surface area (Å²) < 4.78 is 75.7. The minimum Gasteiger partial charge on any atom is -0.295 e. The summed E-state index contributed by atoms with van der Waals surface area (Å²) in [5, 5.41) is 0. The van der Waals surface area contributed by atoms with Gasteiger partial charge in [0.05, 0.1) is 12.0 Å². The van der Waals surface area contributed by atoms with Crippen LogP contribution in [0.3, 0.4) is 0 Å². The second-order valence-corrected chi connectivity index (χ2v) is 5.20. The van der Waals surface area contributed by atoms with Crippen LogP contribution in [-0.4, -0.2) is 36.9 Å². The molecule has 1 aliphatic rings. The topological polar surface area (TPSA) is 3.24 Å². The van der Waals surface area contributed by atoms with Gasteiger partial charge in [0.25, 0.3) is 0 Å². The number of hydrogen-bond acceptors (Lipinski definition) is 1. The maximum absolute atomic E-state index is 13.1. The van der Waals surface area contributed by atoms with Crippen molar-refractivity contribution in [2.45, 2.75) is 39.0 Å². The first-order valence-electron chi connectivity index (χ1n) is 5.84. The molecule has 0 saturated carbocycles. The molecule has 0 N–H and O–H groups in total. The van der Waals surface area contributed by atoms with Gasteiger partial charge in [-0.2, -0.15) is 26.3 Å². The van der Waals surface area contributed by atoms with Crippen molar-refractivity contribution in [1.82, 2.24) is 4.90 Å². The molecule has 0 radical (unpaired) electrons. The van der Waals surface area contributed by atoms with E-state index >= 15 is 0 Å². The maximum atomic E-state index is 13.1. The highest BCUT2D eigenvalue weighted by atomic mass is 19.4. The minimum absolute atomic E-state index is 0.156. The molecule has 0 bridgehead atoms. The Labute approximate surface area is 102 Å². The monoisotopic (exact) mass is 277 g/mol. The third kappa shape index (κ3) is 3.30. The van der Waals surface area contributed by atoms with E-state index in [1.54, 1.807) is 0 Å². The third-order valence-corrected chi connectivity index (χ3v) is 3.82. The molecule has 0 amide bonds. The molecule has 1 saturated heterocycles. The van der Waals surface area contributed by atoms with Crippen molar-refractivity contribution in [1.29, 1.82) is 0 Å². The Hall–Kier alpha value is -0.460. The van der Waals surface area contributed by atoms with Crippen molar-refractivity contribution < 1.29 is 26.3 Å². The fourth-order valence-electron chi connectivity index (χ4n) is 2.55. The van der Waals surface area contributed by atoms with Gasteiger partial charge >= 0.3 is 12.4 Å². The van der Waals surface area contributed by atoms with Crippen LogP contribution in [0, 0.1) is 11.3 Å². The summed E-state index contributed by atoms with van der Waals surface area (Å²) in [6.07, 6.45) is -9.23. The quantitative estimate of drug-likeness (QED) is 0.693. The molecule has 0 unspecified atom stereocenters. The lowest BCUT2D eigenvalue weighted by Crippen LogP contribution is -2.52. The van der Waals surface area contributed by atoms with Crippen molar-refractivity contribution in [2.75, 3.05) is 19.6 Å². The zero-order valence-corrected chi connectivity index (χ0v) is 10.3. The van der Waals surface area contributed by atoms with Gasteiger partial charge in [-0.15, -0.1) is 0 Å². The largest absolute Gasteiger partial charge is 0.401 e. The van der Waals surface area contributed by atoms with Crippen molar-refractivity contribution >= 4 is 0 Å². The highest BCUT2D eigenvalue weighted by Gasteiger charge is 2.57. The summed E-state index contributed by atoms with van der Waals surface area (Å²) in [6, 6.07) is 0. The van der Waals surface area contributed by atoms with Crippen LogP contribution in [0.15, 0.2) is 0 Å². The molecule has 7 heteroatoms. The highest BCUT2D eigenvalue weighted by Crippen LogP contribution is 2.51. The van der Waals surface area contributed by atoms with Crippen LogP contribution in [-0.2, 0) is 0 Å². The lowest BCUT2D eigenvalue weighted by atomic mass is 9.69. The lowest BCUT2D eigenvalue weighted by molar-refractivity contribution is -0.256. The molecule has 0 atom stereocenters. The van der Waals surface area contributed by atoms with Gasteiger partial charge in [0, 0.05) is 0 Å². The van der Waals surface area contributed by atoms with E-state index in [1.807, 2.05) is 0 Å². The summed E-state index contributed by atoms with van der Waals surface area (Å²) in [7, 11) is 0. The molecule has 1 nitrogen and oxygen atoms in total. The van der Waals surface area contributed by atoms with Gasteiger partial charge in [0.2, 0.25) is 0 Å². The summed E-state index contributed by atoms with van der Waals surface area (Å²) in [5.41, 5.74) is -1.84. The Morgan fingerprint density at radius 1 is 1.00 bits per heavy atom. The van der Waals surface area contributed by atoms with Crippen molar-refractivity contribution in [3.8, 4) is 0 Å². The minimum atomic E-state index is -4.36. The fraction of sp³-hybridized carbons (Fsp3) is 1.00. The Morgan fingerprint density at radius 2 is 1.44 bits per heavy atom. The predicted octanol–water partition coefficient (Wildman–Crippen LogP) is 3.85. The molecule has 1 heterocycles. The number of alkyl halides is 6. The van der Waals surface area contributed by atoms with Crippen LogP contribution in [0.25, 0.3) is 0 Å². The van der Waals surface area contributed by atoms with Gasteiger partial charge in [-0.1, -0.05) is 13.8 Å². The van der Waals surface area contributed by atoms with Gasteiger partial charge < -0.3 is 0 Å². The number of likely N-dealkylation sites (tertiary alicyclic amines) is 1. The van der Waals surface area contributed by atoms with E-state index in [4.69, 9.17) is 0 Å². The molecule has 0 aromatic rings. The van der Waals surface area contributed by atoms with Crippen molar-refractivity contribution in [2.24, 2.45) is 11.3 Å². The van der Waals surface area contributed by atoms with E-state index in [0.717, 1.165) is 4.90 Å². The average molecular weight is 277 g/mol. The average Bonchev–Trinajstić information content (AvgIpc) is 2.13. The van der Waals surface area contributed by atoms with Crippen LogP contribution in [0.4, 0.5) is 26.3 Å². The number of piperidine rings is 1. The molecule has 0 aromatic heterocycles. The SMILES string of the molecule is CC(C)C1(C(F)(F)F)CCN(CC(F)(F)F)CC1. The first kappa shape index (κ1) is 15.6. The Kier molecular flexibility index (Phi) is 4.25. The van der Waals surface area contributed by atoms with Crippen LogP contribution < -0.4 is 0 Å². The maximum Gasteiger partial charge on any atom is 0.401 e. The molecule has 1 rings (SSSR count). The van der Waals surface area contributed by atoms with E-state index in [-0.39, 0.29) is 25.9 Å². The van der Waals surface area contributed by atoms with Crippen molar-refractivity contribution in [3.63, 3.8) is 0 Å². The molecule has 0 spiro atoms. The van der Waals surface area contributed by atoms with Crippen molar-refractivity contribution in [3.05, 3.63) is 0 Å². The zero-order valence-electron chi connectivity index (χ0n) is 10.3. The molecule has 1 fully saturated rings. The molecule has 18 heavy (non-hydrogen) atoms. The van der Waals surface area contributed by atoms with Crippen LogP contribution in [0.1, 0.15) is 26.7 Å². The lowest BCUT2D eigenvalue weighted by Gasteiger charge is -2.45. The number of hydrogen-bond donors (Lipinski definition) is 0. The van der Waals surface area contributed by atoms with Gasteiger partial charge in [-0.05, 0) is 31.8 Å². The number of halogens is 6. The normalized spacial score (nSPS) is 22.5. The Balaban J connectivity index is 2.71. The first-order chi connectivity index (χ1) is 7.98. The molecule has 1 aliphatic heterocycles. The predicted molar refractivity (Wildman–Crippen MR) is 55.1 cm³/mol. The fourth-order valence-corrected chi connectivity index (χ4v) is 2.55. The third-order valence-electron chi connectivity index (χ3n) is 3.82. The smallest absolute Gasteiger partial charge is 0.295 e. The van der Waals surface area contributed by atoms with Gasteiger partial charge in [-0.25, -0.2) is 0 Å². The van der Waals surface area contributed by atoms with Crippen LogP contribution in [0.2, 0.25) is 0 Å².